The van der Waals surface area contributed by atoms with E-state index in [1.54, 1.807) is 25.1 Å². The third-order valence-corrected chi connectivity index (χ3v) is 2.62. The van der Waals surface area contributed by atoms with Gasteiger partial charge in [0.05, 0.1) is 5.02 Å². The number of halogens is 4. The summed E-state index contributed by atoms with van der Waals surface area (Å²) in [5.41, 5.74) is 4.90. The maximum atomic E-state index is 12.6. The van der Waals surface area contributed by atoms with Crippen LogP contribution in [0, 0.1) is 6.92 Å². The highest BCUT2D eigenvalue weighted by atomic mass is 35.5. The molecule has 0 saturated heterocycles. The van der Waals surface area contributed by atoms with Gasteiger partial charge in [0.15, 0.2) is 5.69 Å². The molecule has 2 N–H and O–H groups in total. The molecule has 2 aromatic rings. The first-order valence-electron chi connectivity index (χ1n) is 5.41. The van der Waals surface area contributed by atoms with Gasteiger partial charge < -0.3 is 10.5 Å². The van der Waals surface area contributed by atoms with Crippen molar-refractivity contribution in [1.29, 1.82) is 0 Å². The van der Waals surface area contributed by atoms with Crippen LogP contribution >= 0.6 is 11.6 Å². The zero-order valence-corrected chi connectivity index (χ0v) is 11.0. The molecule has 0 unspecified atom stereocenters. The second kappa shape index (κ2) is 5.16. The van der Waals surface area contributed by atoms with E-state index in [1.807, 2.05) is 0 Å². The van der Waals surface area contributed by atoms with Gasteiger partial charge in [-0.1, -0.05) is 17.7 Å². The summed E-state index contributed by atoms with van der Waals surface area (Å²) in [4.78, 5) is 6.71. The van der Waals surface area contributed by atoms with Crippen LogP contribution in [0.3, 0.4) is 0 Å². The topological polar surface area (TPSA) is 61.0 Å². The Morgan fingerprint density at radius 1 is 1.20 bits per heavy atom. The van der Waals surface area contributed by atoms with E-state index in [0.717, 1.165) is 5.56 Å². The lowest BCUT2D eigenvalue weighted by molar-refractivity contribution is -0.141. The van der Waals surface area contributed by atoms with Crippen molar-refractivity contribution in [2.75, 3.05) is 5.73 Å². The first-order valence-corrected chi connectivity index (χ1v) is 5.79. The average molecular weight is 304 g/mol. The van der Waals surface area contributed by atoms with Crippen molar-refractivity contribution >= 4 is 17.5 Å². The van der Waals surface area contributed by atoms with Gasteiger partial charge in [0.2, 0.25) is 11.8 Å². The van der Waals surface area contributed by atoms with Crippen molar-refractivity contribution in [1.82, 2.24) is 9.97 Å². The minimum absolute atomic E-state index is 0.192. The summed E-state index contributed by atoms with van der Waals surface area (Å²) in [6.07, 6.45) is -4.63. The standard InChI is InChI=1S/C12H9ClF3N3O/c1-6-2-3-7(13)8(4-6)20-10-5-9(12(14,15)16)18-11(17)19-10/h2-5H,1H3,(H2,17,18,19). The number of hydrogen-bond acceptors (Lipinski definition) is 4. The van der Waals surface area contributed by atoms with Crippen LogP contribution in [-0.2, 0) is 6.18 Å². The van der Waals surface area contributed by atoms with E-state index in [1.165, 1.54) is 0 Å². The predicted molar refractivity (Wildman–Crippen MR) is 67.7 cm³/mol. The molecule has 1 aromatic carbocycles. The van der Waals surface area contributed by atoms with Crippen molar-refractivity contribution in [2.24, 2.45) is 0 Å². The van der Waals surface area contributed by atoms with Crippen LogP contribution in [-0.4, -0.2) is 9.97 Å². The second-order valence-corrected chi connectivity index (χ2v) is 4.39. The third kappa shape index (κ3) is 3.30. The highest BCUT2D eigenvalue weighted by Crippen LogP contribution is 2.33. The number of benzene rings is 1. The van der Waals surface area contributed by atoms with Crippen LogP contribution in [0.15, 0.2) is 24.3 Å². The normalized spacial score (nSPS) is 11.4. The fraction of sp³-hybridized carbons (Fsp3) is 0.167. The molecule has 2 rings (SSSR count). The van der Waals surface area contributed by atoms with E-state index in [9.17, 15) is 13.2 Å². The lowest BCUT2D eigenvalue weighted by Crippen LogP contribution is -2.11. The molecule has 0 saturated carbocycles. The Labute approximate surface area is 117 Å². The Morgan fingerprint density at radius 3 is 2.55 bits per heavy atom. The zero-order chi connectivity index (χ0) is 14.9. The average Bonchev–Trinajstić information content (AvgIpc) is 2.32. The maximum absolute atomic E-state index is 12.6. The highest BCUT2D eigenvalue weighted by Gasteiger charge is 2.33. The summed E-state index contributed by atoms with van der Waals surface area (Å²) >= 11 is 5.89. The molecule has 0 atom stereocenters. The number of nitrogens with zero attached hydrogens (tertiary/aromatic N) is 2. The fourth-order valence-corrected chi connectivity index (χ4v) is 1.60. The number of aryl methyl sites for hydroxylation is 1. The molecule has 0 radical (unpaired) electrons. The fourth-order valence-electron chi connectivity index (χ4n) is 1.44. The van der Waals surface area contributed by atoms with Crippen molar-refractivity contribution < 1.29 is 17.9 Å². The van der Waals surface area contributed by atoms with Gasteiger partial charge in [0.1, 0.15) is 5.75 Å². The number of nitrogens with two attached hydrogens (primary N) is 1. The Balaban J connectivity index is 2.39. The highest BCUT2D eigenvalue weighted by molar-refractivity contribution is 6.32. The molecule has 0 fully saturated rings. The maximum Gasteiger partial charge on any atom is 0.433 e. The van der Waals surface area contributed by atoms with E-state index in [0.29, 0.717) is 6.07 Å². The lowest BCUT2D eigenvalue weighted by Gasteiger charge is -2.10. The molecule has 0 aliphatic carbocycles. The molecule has 0 amide bonds. The van der Waals surface area contributed by atoms with Gasteiger partial charge in [0.25, 0.3) is 0 Å². The summed E-state index contributed by atoms with van der Waals surface area (Å²) in [5.74, 6) is -0.659. The van der Waals surface area contributed by atoms with Gasteiger partial charge >= 0.3 is 6.18 Å². The van der Waals surface area contributed by atoms with Crippen LogP contribution < -0.4 is 10.5 Å². The summed E-state index contributed by atoms with van der Waals surface area (Å²) in [5, 5.41) is 0.251. The monoisotopic (exact) mass is 303 g/mol. The van der Waals surface area contributed by atoms with E-state index in [-0.39, 0.29) is 16.7 Å². The Morgan fingerprint density at radius 2 is 1.90 bits per heavy atom. The predicted octanol–water partition coefficient (Wildman–Crippen LogP) is 3.83. The second-order valence-electron chi connectivity index (χ2n) is 3.98. The van der Waals surface area contributed by atoms with Gasteiger partial charge in [-0.3, -0.25) is 0 Å². The first-order chi connectivity index (χ1) is 9.25. The third-order valence-electron chi connectivity index (χ3n) is 2.31. The molecule has 106 valence electrons. The van der Waals surface area contributed by atoms with E-state index in [2.05, 4.69) is 9.97 Å². The van der Waals surface area contributed by atoms with Crippen molar-refractivity contribution in [2.45, 2.75) is 13.1 Å². The molecular formula is C12H9ClF3N3O. The van der Waals surface area contributed by atoms with Gasteiger partial charge in [-0.05, 0) is 24.6 Å². The molecule has 8 heteroatoms. The smallest absolute Gasteiger partial charge is 0.433 e. The Kier molecular flexibility index (Phi) is 3.71. The number of nitrogen functional groups attached to an aromatic ring is 1. The van der Waals surface area contributed by atoms with Crippen molar-refractivity contribution in [3.63, 3.8) is 0 Å². The molecule has 1 aromatic heterocycles. The van der Waals surface area contributed by atoms with Crippen LogP contribution in [0.25, 0.3) is 0 Å². The summed E-state index contributed by atoms with van der Waals surface area (Å²) in [7, 11) is 0. The molecular weight excluding hydrogens is 295 g/mol. The number of hydrogen-bond donors (Lipinski definition) is 1. The number of rotatable bonds is 2. The van der Waals surface area contributed by atoms with Gasteiger partial charge in [-0.25, -0.2) is 4.98 Å². The molecule has 0 spiro atoms. The largest absolute Gasteiger partial charge is 0.437 e. The van der Waals surface area contributed by atoms with Crippen LogP contribution in [0.4, 0.5) is 19.1 Å². The Hall–Kier alpha value is -2.02. The van der Waals surface area contributed by atoms with Gasteiger partial charge in [-0.2, -0.15) is 18.2 Å². The quantitative estimate of drug-likeness (QED) is 0.916. The summed E-state index contributed by atoms with van der Waals surface area (Å²) in [6.45, 7) is 1.79. The molecule has 0 aliphatic rings. The van der Waals surface area contributed by atoms with Crippen LogP contribution in [0.5, 0.6) is 11.6 Å². The molecule has 4 nitrogen and oxygen atoms in total. The summed E-state index contributed by atoms with van der Waals surface area (Å²) < 4.78 is 43.1. The minimum atomic E-state index is -4.63. The van der Waals surface area contributed by atoms with Crippen molar-refractivity contribution in [3.05, 3.63) is 40.5 Å². The first kappa shape index (κ1) is 14.4. The van der Waals surface area contributed by atoms with Gasteiger partial charge in [-0.15, -0.1) is 0 Å². The minimum Gasteiger partial charge on any atom is -0.437 e. The molecule has 0 bridgehead atoms. The number of aromatic nitrogens is 2. The number of ether oxygens (including phenoxy) is 1. The van der Waals surface area contributed by atoms with E-state index >= 15 is 0 Å². The van der Waals surface area contributed by atoms with E-state index in [4.69, 9.17) is 22.1 Å². The Bertz CT molecular complexity index is 646. The number of anilines is 1. The summed E-state index contributed by atoms with van der Waals surface area (Å²) in [6, 6.07) is 5.55. The van der Waals surface area contributed by atoms with Crippen molar-refractivity contribution in [3.8, 4) is 11.6 Å². The zero-order valence-electron chi connectivity index (χ0n) is 10.2. The molecule has 20 heavy (non-hydrogen) atoms. The van der Waals surface area contributed by atoms with Crippen LogP contribution in [0.1, 0.15) is 11.3 Å². The molecule has 1 heterocycles. The molecule has 0 aliphatic heterocycles. The van der Waals surface area contributed by atoms with Crippen LogP contribution in [0.2, 0.25) is 5.02 Å². The van der Waals surface area contributed by atoms with Gasteiger partial charge in [0, 0.05) is 6.07 Å². The number of alkyl halides is 3. The SMILES string of the molecule is Cc1ccc(Cl)c(Oc2cc(C(F)(F)F)nc(N)n2)c1. The van der Waals surface area contributed by atoms with E-state index < -0.39 is 17.8 Å². The lowest BCUT2D eigenvalue weighted by atomic mass is 10.2.